The summed E-state index contributed by atoms with van der Waals surface area (Å²) in [6.45, 7) is 4.46. The fraction of sp³-hybridized carbons (Fsp3) is 0.762. The summed E-state index contributed by atoms with van der Waals surface area (Å²) < 4.78 is 5.86. The lowest BCUT2D eigenvalue weighted by Gasteiger charge is -2.40. The van der Waals surface area contributed by atoms with Gasteiger partial charge in [0.05, 0.1) is 22.8 Å². The molecule has 0 aliphatic heterocycles. The van der Waals surface area contributed by atoms with Gasteiger partial charge in [0.2, 0.25) is 0 Å². The van der Waals surface area contributed by atoms with Crippen molar-refractivity contribution in [2.24, 2.45) is 5.92 Å². The molecule has 1 heterocycles. The van der Waals surface area contributed by atoms with E-state index in [1.165, 1.54) is 55.2 Å². The Morgan fingerprint density at radius 2 is 1.86 bits per heavy atom. The summed E-state index contributed by atoms with van der Waals surface area (Å²) in [5, 5.41) is 3.64. The standard InChI is InChI=1S/C21H33N3O3S2/c1-3-15-9-11-17(12-10-15)24(16-7-5-6-8-16)21(26)23-20-22-13-19(29-20)28-14-18(25)27-4-2/h13,15-17H,3-12,14H2,1-2H3,(H,22,23,26). The van der Waals surface area contributed by atoms with Gasteiger partial charge in [0, 0.05) is 12.1 Å². The number of anilines is 1. The number of carbonyl (C=O) groups is 2. The van der Waals surface area contributed by atoms with Crippen LogP contribution in [0.15, 0.2) is 10.4 Å². The fourth-order valence-electron chi connectivity index (χ4n) is 4.52. The number of rotatable bonds is 8. The first kappa shape index (κ1) is 22.4. The molecular formula is C21H33N3O3S2. The van der Waals surface area contributed by atoms with E-state index in [0.717, 1.165) is 35.8 Å². The van der Waals surface area contributed by atoms with Gasteiger partial charge in [0.15, 0.2) is 5.13 Å². The lowest BCUT2D eigenvalue weighted by molar-refractivity contribution is -0.139. The normalized spacial score (nSPS) is 22.4. The van der Waals surface area contributed by atoms with Crippen LogP contribution in [0.2, 0.25) is 0 Å². The first-order valence-electron chi connectivity index (χ1n) is 10.9. The topological polar surface area (TPSA) is 71.5 Å². The van der Waals surface area contributed by atoms with Crippen LogP contribution in [0.5, 0.6) is 0 Å². The average Bonchev–Trinajstić information content (AvgIpc) is 3.40. The lowest BCUT2D eigenvalue weighted by Crippen LogP contribution is -2.49. The van der Waals surface area contributed by atoms with Gasteiger partial charge in [-0.3, -0.25) is 10.1 Å². The van der Waals surface area contributed by atoms with Crippen molar-refractivity contribution in [1.82, 2.24) is 9.88 Å². The van der Waals surface area contributed by atoms with E-state index in [9.17, 15) is 9.59 Å². The van der Waals surface area contributed by atoms with Crippen LogP contribution in [0.4, 0.5) is 9.93 Å². The Balaban J connectivity index is 1.59. The summed E-state index contributed by atoms with van der Waals surface area (Å²) in [4.78, 5) is 31.2. The number of hydrogen-bond acceptors (Lipinski definition) is 6. The Kier molecular flexibility index (Phi) is 8.66. The van der Waals surface area contributed by atoms with Crippen LogP contribution in [-0.4, -0.2) is 46.3 Å². The molecule has 0 aromatic carbocycles. The minimum Gasteiger partial charge on any atom is -0.465 e. The number of esters is 1. The molecule has 2 aliphatic carbocycles. The van der Waals surface area contributed by atoms with E-state index in [0.29, 0.717) is 23.8 Å². The second kappa shape index (κ2) is 11.2. The van der Waals surface area contributed by atoms with Gasteiger partial charge in [-0.1, -0.05) is 37.5 Å². The van der Waals surface area contributed by atoms with Crippen molar-refractivity contribution in [2.45, 2.75) is 87.9 Å². The van der Waals surface area contributed by atoms with Crippen LogP contribution in [-0.2, 0) is 9.53 Å². The molecule has 2 amide bonds. The molecule has 1 aromatic heterocycles. The Morgan fingerprint density at radius 1 is 1.17 bits per heavy atom. The van der Waals surface area contributed by atoms with Crippen molar-refractivity contribution in [3.63, 3.8) is 0 Å². The molecule has 0 radical (unpaired) electrons. The van der Waals surface area contributed by atoms with Crippen molar-refractivity contribution in [2.75, 3.05) is 17.7 Å². The number of amides is 2. The van der Waals surface area contributed by atoms with Crippen molar-refractivity contribution in [3.8, 4) is 0 Å². The number of aromatic nitrogens is 1. The summed E-state index contributed by atoms with van der Waals surface area (Å²) in [6.07, 6.45) is 12.3. The Labute approximate surface area is 182 Å². The number of urea groups is 1. The van der Waals surface area contributed by atoms with Gasteiger partial charge in [-0.25, -0.2) is 9.78 Å². The smallest absolute Gasteiger partial charge is 0.324 e. The third-order valence-corrected chi connectivity index (χ3v) is 8.16. The second-order valence-corrected chi connectivity index (χ2v) is 10.2. The van der Waals surface area contributed by atoms with Gasteiger partial charge in [-0.05, 0) is 51.4 Å². The second-order valence-electron chi connectivity index (χ2n) is 7.94. The molecule has 8 heteroatoms. The van der Waals surface area contributed by atoms with E-state index < -0.39 is 0 Å². The third kappa shape index (κ3) is 6.35. The Morgan fingerprint density at radius 3 is 2.52 bits per heavy atom. The number of thioether (sulfide) groups is 1. The predicted molar refractivity (Wildman–Crippen MR) is 119 cm³/mol. The molecule has 1 aromatic rings. The molecule has 0 bridgehead atoms. The van der Waals surface area contributed by atoms with Crippen LogP contribution in [0.25, 0.3) is 0 Å². The number of nitrogens with zero attached hydrogens (tertiary/aromatic N) is 2. The molecule has 1 N–H and O–H groups in total. The minimum absolute atomic E-state index is 0.00635. The highest BCUT2D eigenvalue weighted by Gasteiger charge is 2.35. The Hall–Kier alpha value is -1.28. The molecule has 2 saturated carbocycles. The highest BCUT2D eigenvalue weighted by molar-refractivity contribution is 8.01. The number of ether oxygens (including phenoxy) is 1. The molecule has 0 saturated heterocycles. The summed E-state index contributed by atoms with van der Waals surface area (Å²) in [5.74, 6) is 0.849. The van der Waals surface area contributed by atoms with Gasteiger partial charge < -0.3 is 9.64 Å². The van der Waals surface area contributed by atoms with Gasteiger partial charge in [-0.2, -0.15) is 0 Å². The van der Waals surface area contributed by atoms with E-state index >= 15 is 0 Å². The van der Waals surface area contributed by atoms with E-state index in [1.807, 2.05) is 0 Å². The van der Waals surface area contributed by atoms with E-state index in [-0.39, 0.29) is 17.8 Å². The molecule has 3 rings (SSSR count). The molecule has 0 unspecified atom stereocenters. The predicted octanol–water partition coefficient (Wildman–Crippen LogP) is 5.54. The summed E-state index contributed by atoms with van der Waals surface area (Å²) in [5.41, 5.74) is 0. The van der Waals surface area contributed by atoms with Crippen LogP contribution in [0.3, 0.4) is 0 Å². The molecule has 29 heavy (non-hydrogen) atoms. The monoisotopic (exact) mass is 439 g/mol. The molecule has 0 atom stereocenters. The minimum atomic E-state index is -0.230. The van der Waals surface area contributed by atoms with Crippen molar-refractivity contribution in [3.05, 3.63) is 6.20 Å². The quantitative estimate of drug-likeness (QED) is 0.425. The average molecular weight is 440 g/mol. The molecule has 0 spiro atoms. The lowest BCUT2D eigenvalue weighted by atomic mass is 9.83. The van der Waals surface area contributed by atoms with Gasteiger partial charge in [0.25, 0.3) is 0 Å². The number of nitrogens with one attached hydrogen (secondary N) is 1. The first-order chi connectivity index (χ1) is 14.1. The maximum atomic E-state index is 13.2. The van der Waals surface area contributed by atoms with Gasteiger partial charge >= 0.3 is 12.0 Å². The molecule has 162 valence electrons. The van der Waals surface area contributed by atoms with Crippen LogP contribution in [0.1, 0.15) is 71.6 Å². The molecular weight excluding hydrogens is 406 g/mol. The zero-order valence-corrected chi connectivity index (χ0v) is 19.2. The van der Waals surface area contributed by atoms with Crippen molar-refractivity contribution < 1.29 is 14.3 Å². The first-order valence-corrected chi connectivity index (χ1v) is 12.7. The van der Waals surface area contributed by atoms with Crippen LogP contribution in [0, 0.1) is 5.92 Å². The SMILES string of the molecule is CCOC(=O)CSc1cnc(NC(=O)N(C2CCCC2)C2CCC(CC)CC2)s1. The molecule has 2 aliphatic rings. The van der Waals surface area contributed by atoms with Gasteiger partial charge in [0.1, 0.15) is 0 Å². The summed E-state index contributed by atoms with van der Waals surface area (Å²) in [7, 11) is 0. The van der Waals surface area contributed by atoms with Crippen molar-refractivity contribution in [1.29, 1.82) is 0 Å². The largest absolute Gasteiger partial charge is 0.465 e. The number of carbonyl (C=O) groups excluding carboxylic acids is 2. The highest BCUT2D eigenvalue weighted by Crippen LogP contribution is 2.35. The van der Waals surface area contributed by atoms with E-state index in [1.54, 1.807) is 13.1 Å². The number of thiazole rings is 1. The maximum Gasteiger partial charge on any atom is 0.324 e. The zero-order valence-electron chi connectivity index (χ0n) is 17.5. The maximum absolute atomic E-state index is 13.2. The van der Waals surface area contributed by atoms with Crippen LogP contribution < -0.4 is 5.32 Å². The number of hydrogen-bond donors (Lipinski definition) is 1. The highest BCUT2D eigenvalue weighted by atomic mass is 32.2. The van der Waals surface area contributed by atoms with E-state index in [2.05, 4.69) is 22.1 Å². The summed E-state index contributed by atoms with van der Waals surface area (Å²) in [6, 6.07) is 0.697. The van der Waals surface area contributed by atoms with Gasteiger partial charge in [-0.15, -0.1) is 11.8 Å². The Bertz CT molecular complexity index is 668. The van der Waals surface area contributed by atoms with Crippen molar-refractivity contribution >= 4 is 40.2 Å². The summed E-state index contributed by atoms with van der Waals surface area (Å²) >= 11 is 2.81. The fourth-order valence-corrected chi connectivity index (χ4v) is 6.18. The molecule has 2 fully saturated rings. The third-order valence-electron chi connectivity index (χ3n) is 6.08. The van der Waals surface area contributed by atoms with Crippen LogP contribution >= 0.6 is 23.1 Å². The van der Waals surface area contributed by atoms with E-state index in [4.69, 9.17) is 4.74 Å². The zero-order chi connectivity index (χ0) is 20.6. The molecule has 6 nitrogen and oxygen atoms in total.